The number of rotatable bonds is 4. The van der Waals surface area contributed by atoms with E-state index in [2.05, 4.69) is 10.3 Å². The molecule has 106 valence electrons. The van der Waals surface area contributed by atoms with Gasteiger partial charge in [0.2, 0.25) is 0 Å². The molecule has 0 atom stereocenters. The molecule has 0 spiro atoms. The predicted octanol–water partition coefficient (Wildman–Crippen LogP) is 4.10. The number of benzene rings is 1. The van der Waals surface area contributed by atoms with Crippen molar-refractivity contribution in [3.05, 3.63) is 53.4 Å². The topological polar surface area (TPSA) is 42.0 Å². The number of nitrogens with zero attached hydrogens (tertiary/aromatic N) is 1. The molecular formula is C17H16N2OS. The van der Waals surface area contributed by atoms with E-state index in [0.29, 0.717) is 12.1 Å². The lowest BCUT2D eigenvalue weighted by Crippen LogP contribution is -2.24. The Morgan fingerprint density at radius 1 is 1.24 bits per heavy atom. The summed E-state index contributed by atoms with van der Waals surface area (Å²) in [6, 6.07) is 13.7. The number of para-hydroxylation sites is 1. The highest BCUT2D eigenvalue weighted by Crippen LogP contribution is 2.27. The van der Waals surface area contributed by atoms with Gasteiger partial charge in [0, 0.05) is 11.9 Å². The fourth-order valence-corrected chi connectivity index (χ4v) is 2.93. The summed E-state index contributed by atoms with van der Waals surface area (Å²) < 4.78 is 0. The predicted molar refractivity (Wildman–Crippen MR) is 87.7 cm³/mol. The normalized spacial score (nSPS) is 10.7. The van der Waals surface area contributed by atoms with Gasteiger partial charge in [0.25, 0.3) is 5.91 Å². The van der Waals surface area contributed by atoms with Crippen molar-refractivity contribution in [3.8, 4) is 10.6 Å². The smallest absolute Gasteiger partial charge is 0.252 e. The van der Waals surface area contributed by atoms with Crippen LogP contribution in [-0.4, -0.2) is 17.4 Å². The number of carbonyl (C=O) groups is 1. The van der Waals surface area contributed by atoms with Gasteiger partial charge >= 0.3 is 0 Å². The van der Waals surface area contributed by atoms with E-state index in [0.717, 1.165) is 27.9 Å². The van der Waals surface area contributed by atoms with Crippen molar-refractivity contribution >= 4 is 28.1 Å². The summed E-state index contributed by atoms with van der Waals surface area (Å²) in [5.41, 5.74) is 2.40. The molecule has 1 aromatic carbocycles. The summed E-state index contributed by atoms with van der Waals surface area (Å²) in [4.78, 5) is 18.1. The van der Waals surface area contributed by atoms with Crippen molar-refractivity contribution in [1.82, 2.24) is 10.3 Å². The van der Waals surface area contributed by atoms with Crippen LogP contribution in [0.4, 0.5) is 0 Å². The van der Waals surface area contributed by atoms with Crippen LogP contribution in [0.25, 0.3) is 21.5 Å². The summed E-state index contributed by atoms with van der Waals surface area (Å²) >= 11 is 1.63. The molecule has 0 bridgehead atoms. The Morgan fingerprint density at radius 2 is 2.10 bits per heavy atom. The number of hydrogen-bond acceptors (Lipinski definition) is 3. The van der Waals surface area contributed by atoms with E-state index in [1.807, 2.05) is 54.8 Å². The van der Waals surface area contributed by atoms with E-state index in [9.17, 15) is 4.79 Å². The number of carbonyl (C=O) groups excluding carboxylic acids is 1. The number of hydrogen-bond donors (Lipinski definition) is 1. The molecule has 0 aliphatic rings. The first-order chi connectivity index (χ1) is 10.3. The average molecular weight is 296 g/mol. The zero-order chi connectivity index (χ0) is 14.7. The van der Waals surface area contributed by atoms with E-state index in [1.165, 1.54) is 0 Å². The van der Waals surface area contributed by atoms with Gasteiger partial charge in [-0.3, -0.25) is 4.79 Å². The van der Waals surface area contributed by atoms with Gasteiger partial charge in [0.1, 0.15) is 0 Å². The third kappa shape index (κ3) is 2.81. The summed E-state index contributed by atoms with van der Waals surface area (Å²) in [5.74, 6) is -0.0340. The first-order valence-corrected chi connectivity index (χ1v) is 7.89. The Hall–Kier alpha value is -2.20. The van der Waals surface area contributed by atoms with Gasteiger partial charge in [-0.1, -0.05) is 31.2 Å². The van der Waals surface area contributed by atoms with E-state index in [4.69, 9.17) is 0 Å². The Kier molecular flexibility index (Phi) is 3.97. The second kappa shape index (κ2) is 6.06. The van der Waals surface area contributed by atoms with Crippen LogP contribution < -0.4 is 5.32 Å². The molecule has 0 aliphatic carbocycles. The molecule has 3 aromatic rings. The molecule has 0 unspecified atom stereocenters. The fraction of sp³-hybridized carbons (Fsp3) is 0.176. The lowest BCUT2D eigenvalue weighted by atomic mass is 10.1. The zero-order valence-corrected chi connectivity index (χ0v) is 12.6. The molecular weight excluding hydrogens is 280 g/mol. The van der Waals surface area contributed by atoms with Crippen molar-refractivity contribution in [2.75, 3.05) is 6.54 Å². The summed E-state index contributed by atoms with van der Waals surface area (Å²) in [6.45, 7) is 2.73. The van der Waals surface area contributed by atoms with Crippen LogP contribution in [0.5, 0.6) is 0 Å². The Labute approximate surface area is 127 Å². The third-order valence-corrected chi connectivity index (χ3v) is 4.16. The van der Waals surface area contributed by atoms with Crippen molar-refractivity contribution in [2.45, 2.75) is 13.3 Å². The second-order valence-corrected chi connectivity index (χ2v) is 5.75. The molecule has 1 N–H and O–H groups in total. The van der Waals surface area contributed by atoms with Crippen LogP contribution in [0.2, 0.25) is 0 Å². The molecule has 1 amide bonds. The Morgan fingerprint density at radius 3 is 2.86 bits per heavy atom. The second-order valence-electron chi connectivity index (χ2n) is 4.81. The third-order valence-electron chi connectivity index (χ3n) is 3.27. The largest absolute Gasteiger partial charge is 0.352 e. The van der Waals surface area contributed by atoms with Gasteiger partial charge in [-0.2, -0.15) is 0 Å². The van der Waals surface area contributed by atoms with Gasteiger partial charge in [-0.25, -0.2) is 4.98 Å². The SMILES string of the molecule is CCCNC(=O)c1cc(-c2cccs2)nc2ccccc12. The van der Waals surface area contributed by atoms with Crippen LogP contribution in [0, 0.1) is 0 Å². The number of fused-ring (bicyclic) bond motifs is 1. The maximum absolute atomic E-state index is 12.4. The number of thiophene rings is 1. The van der Waals surface area contributed by atoms with Crippen LogP contribution >= 0.6 is 11.3 Å². The number of pyridine rings is 1. The zero-order valence-electron chi connectivity index (χ0n) is 11.8. The maximum atomic E-state index is 12.4. The van der Waals surface area contributed by atoms with Crippen LogP contribution in [0.3, 0.4) is 0 Å². The lowest BCUT2D eigenvalue weighted by molar-refractivity contribution is 0.0955. The van der Waals surface area contributed by atoms with Gasteiger partial charge in [0.15, 0.2) is 0 Å². The maximum Gasteiger partial charge on any atom is 0.252 e. The van der Waals surface area contributed by atoms with Gasteiger partial charge in [0.05, 0.1) is 21.7 Å². The van der Waals surface area contributed by atoms with Crippen LogP contribution in [0.15, 0.2) is 47.8 Å². The Balaban J connectivity index is 2.14. The molecule has 2 heterocycles. The molecule has 3 nitrogen and oxygen atoms in total. The first kappa shape index (κ1) is 13.8. The van der Waals surface area contributed by atoms with Gasteiger partial charge in [-0.15, -0.1) is 11.3 Å². The molecule has 4 heteroatoms. The molecule has 0 saturated carbocycles. The van der Waals surface area contributed by atoms with Gasteiger partial charge < -0.3 is 5.32 Å². The van der Waals surface area contributed by atoms with Crippen molar-refractivity contribution < 1.29 is 4.79 Å². The highest BCUT2D eigenvalue weighted by atomic mass is 32.1. The molecule has 0 radical (unpaired) electrons. The monoisotopic (exact) mass is 296 g/mol. The molecule has 0 fully saturated rings. The quantitative estimate of drug-likeness (QED) is 0.787. The van der Waals surface area contributed by atoms with Crippen molar-refractivity contribution in [2.24, 2.45) is 0 Å². The van der Waals surface area contributed by atoms with Crippen molar-refractivity contribution in [1.29, 1.82) is 0 Å². The van der Waals surface area contributed by atoms with E-state index < -0.39 is 0 Å². The number of nitrogens with one attached hydrogen (secondary N) is 1. The lowest BCUT2D eigenvalue weighted by Gasteiger charge is -2.09. The fourth-order valence-electron chi connectivity index (χ4n) is 2.25. The summed E-state index contributed by atoms with van der Waals surface area (Å²) in [6.07, 6.45) is 0.923. The highest BCUT2D eigenvalue weighted by Gasteiger charge is 2.13. The van der Waals surface area contributed by atoms with Crippen LogP contribution in [-0.2, 0) is 0 Å². The van der Waals surface area contributed by atoms with Crippen molar-refractivity contribution in [3.63, 3.8) is 0 Å². The summed E-state index contributed by atoms with van der Waals surface area (Å²) in [7, 11) is 0. The number of amides is 1. The van der Waals surface area contributed by atoms with E-state index in [1.54, 1.807) is 11.3 Å². The van der Waals surface area contributed by atoms with E-state index >= 15 is 0 Å². The van der Waals surface area contributed by atoms with Gasteiger partial charge in [-0.05, 0) is 30.0 Å². The van der Waals surface area contributed by atoms with Crippen LogP contribution in [0.1, 0.15) is 23.7 Å². The molecule has 0 aliphatic heterocycles. The minimum atomic E-state index is -0.0340. The summed E-state index contributed by atoms with van der Waals surface area (Å²) in [5, 5.41) is 5.86. The minimum Gasteiger partial charge on any atom is -0.352 e. The first-order valence-electron chi connectivity index (χ1n) is 7.01. The Bertz CT molecular complexity index is 766. The molecule has 2 aromatic heterocycles. The molecule has 3 rings (SSSR count). The highest BCUT2D eigenvalue weighted by molar-refractivity contribution is 7.13. The minimum absolute atomic E-state index is 0.0340. The van der Waals surface area contributed by atoms with E-state index in [-0.39, 0.29) is 5.91 Å². The average Bonchev–Trinajstić information content (AvgIpc) is 3.06. The number of aromatic nitrogens is 1. The standard InChI is InChI=1S/C17H16N2OS/c1-2-9-18-17(20)13-11-15(16-8-5-10-21-16)19-14-7-4-3-6-12(13)14/h3-8,10-11H,2,9H2,1H3,(H,18,20). The molecule has 0 saturated heterocycles. The molecule has 21 heavy (non-hydrogen) atoms.